The van der Waals surface area contributed by atoms with E-state index in [2.05, 4.69) is 28.7 Å². The SMILES string of the molecule is Cc1c(C(=O)O)sc2ncnc(N3CCCC3C(C)C)c12. The quantitative estimate of drug-likeness (QED) is 0.942. The van der Waals surface area contributed by atoms with E-state index in [0.717, 1.165) is 41.0 Å². The zero-order valence-electron chi connectivity index (χ0n) is 12.5. The van der Waals surface area contributed by atoms with Crippen molar-refractivity contribution in [1.29, 1.82) is 0 Å². The molecule has 1 atom stereocenters. The topological polar surface area (TPSA) is 66.3 Å². The Morgan fingerprint density at radius 3 is 2.90 bits per heavy atom. The molecule has 1 aliphatic heterocycles. The van der Waals surface area contributed by atoms with Crippen LogP contribution in [-0.2, 0) is 0 Å². The standard InChI is InChI=1S/C15H19N3O2S/c1-8(2)10-5-4-6-18(10)13-11-9(3)12(15(19)20)21-14(11)17-7-16-13/h7-8,10H,4-6H2,1-3H3,(H,19,20). The van der Waals surface area contributed by atoms with Gasteiger partial charge in [0.05, 0.1) is 5.39 Å². The van der Waals surface area contributed by atoms with Crippen molar-refractivity contribution in [2.75, 3.05) is 11.4 Å². The Bertz CT molecular complexity index is 696. The Morgan fingerprint density at radius 2 is 2.24 bits per heavy atom. The van der Waals surface area contributed by atoms with Gasteiger partial charge in [-0.05, 0) is 31.2 Å². The summed E-state index contributed by atoms with van der Waals surface area (Å²) in [5.41, 5.74) is 0.785. The fraction of sp³-hybridized carbons (Fsp3) is 0.533. The van der Waals surface area contributed by atoms with Crippen molar-refractivity contribution in [1.82, 2.24) is 9.97 Å². The summed E-state index contributed by atoms with van der Waals surface area (Å²) in [6.45, 7) is 7.29. The lowest BCUT2D eigenvalue weighted by atomic mass is 10.0. The molecule has 0 bridgehead atoms. The van der Waals surface area contributed by atoms with E-state index in [1.54, 1.807) is 6.33 Å². The van der Waals surface area contributed by atoms with Gasteiger partial charge in [0.1, 0.15) is 21.9 Å². The van der Waals surface area contributed by atoms with Crippen LogP contribution in [0.1, 0.15) is 41.9 Å². The van der Waals surface area contributed by atoms with E-state index in [1.807, 2.05) is 6.92 Å². The number of aromatic nitrogens is 2. The third-order valence-corrected chi connectivity index (χ3v) is 5.43. The lowest BCUT2D eigenvalue weighted by molar-refractivity contribution is 0.0701. The molecule has 0 spiro atoms. The van der Waals surface area contributed by atoms with Crippen molar-refractivity contribution in [2.45, 2.75) is 39.7 Å². The Kier molecular flexibility index (Phi) is 3.57. The van der Waals surface area contributed by atoms with Crippen LogP contribution in [0.15, 0.2) is 6.33 Å². The van der Waals surface area contributed by atoms with E-state index in [-0.39, 0.29) is 0 Å². The third kappa shape index (κ3) is 2.27. The van der Waals surface area contributed by atoms with E-state index >= 15 is 0 Å². The summed E-state index contributed by atoms with van der Waals surface area (Å²) in [7, 11) is 0. The first-order valence-corrected chi connectivity index (χ1v) is 8.06. The zero-order chi connectivity index (χ0) is 15.1. The molecule has 1 fully saturated rings. The Morgan fingerprint density at radius 1 is 1.48 bits per heavy atom. The van der Waals surface area contributed by atoms with Crippen molar-refractivity contribution in [3.05, 3.63) is 16.8 Å². The summed E-state index contributed by atoms with van der Waals surface area (Å²) in [5.74, 6) is 0.566. The lowest BCUT2D eigenvalue weighted by Gasteiger charge is -2.29. The molecule has 0 aromatic carbocycles. The largest absolute Gasteiger partial charge is 0.477 e. The predicted molar refractivity (Wildman–Crippen MR) is 84.3 cm³/mol. The van der Waals surface area contributed by atoms with Gasteiger partial charge in [0.25, 0.3) is 0 Å². The molecule has 112 valence electrons. The van der Waals surface area contributed by atoms with Gasteiger partial charge in [0.15, 0.2) is 0 Å². The molecule has 0 amide bonds. The first kappa shape index (κ1) is 14.3. The van der Waals surface area contributed by atoms with Gasteiger partial charge in [-0.1, -0.05) is 13.8 Å². The average molecular weight is 305 g/mol. The lowest BCUT2D eigenvalue weighted by Crippen LogP contribution is -2.34. The molecule has 2 aromatic rings. The molecule has 6 heteroatoms. The van der Waals surface area contributed by atoms with E-state index in [4.69, 9.17) is 0 Å². The van der Waals surface area contributed by atoms with Gasteiger partial charge < -0.3 is 10.0 Å². The molecule has 3 heterocycles. The fourth-order valence-electron chi connectivity index (χ4n) is 3.22. The number of hydrogen-bond donors (Lipinski definition) is 1. The molecule has 0 saturated carbocycles. The first-order valence-electron chi connectivity index (χ1n) is 7.24. The average Bonchev–Trinajstić information content (AvgIpc) is 3.03. The molecule has 1 N–H and O–H groups in total. The first-order chi connectivity index (χ1) is 10.0. The maximum atomic E-state index is 11.3. The summed E-state index contributed by atoms with van der Waals surface area (Å²) < 4.78 is 0. The number of thiophene rings is 1. The minimum atomic E-state index is -0.886. The Balaban J connectivity index is 2.17. The van der Waals surface area contributed by atoms with Crippen LogP contribution < -0.4 is 4.90 Å². The maximum Gasteiger partial charge on any atom is 0.346 e. The molecule has 0 radical (unpaired) electrons. The molecular weight excluding hydrogens is 286 g/mol. The second-order valence-corrected chi connectivity index (χ2v) is 6.88. The maximum absolute atomic E-state index is 11.3. The van der Waals surface area contributed by atoms with Crippen LogP contribution in [0.3, 0.4) is 0 Å². The van der Waals surface area contributed by atoms with Crippen LogP contribution in [0.2, 0.25) is 0 Å². The monoisotopic (exact) mass is 305 g/mol. The van der Waals surface area contributed by atoms with Crippen molar-refractivity contribution < 1.29 is 9.90 Å². The number of nitrogens with zero attached hydrogens (tertiary/aromatic N) is 3. The van der Waals surface area contributed by atoms with Gasteiger partial charge in [-0.15, -0.1) is 11.3 Å². The van der Waals surface area contributed by atoms with Crippen LogP contribution in [0.5, 0.6) is 0 Å². The summed E-state index contributed by atoms with van der Waals surface area (Å²) in [6, 6.07) is 0.468. The van der Waals surface area contributed by atoms with Gasteiger partial charge in [-0.3, -0.25) is 0 Å². The minimum Gasteiger partial charge on any atom is -0.477 e. The molecule has 5 nitrogen and oxygen atoms in total. The predicted octanol–water partition coefficient (Wildman–Crippen LogP) is 3.32. The van der Waals surface area contributed by atoms with E-state index in [0.29, 0.717) is 16.8 Å². The van der Waals surface area contributed by atoms with Crippen LogP contribution in [0.25, 0.3) is 10.2 Å². The molecule has 1 unspecified atom stereocenters. The number of aromatic carboxylic acids is 1. The number of rotatable bonds is 3. The molecule has 21 heavy (non-hydrogen) atoms. The second-order valence-electron chi connectivity index (χ2n) is 5.89. The molecule has 1 saturated heterocycles. The van der Waals surface area contributed by atoms with Crippen molar-refractivity contribution in [3.63, 3.8) is 0 Å². The number of carboxylic acid groups (broad SMARTS) is 1. The summed E-state index contributed by atoms with van der Waals surface area (Å²) in [5, 5.41) is 10.2. The highest BCUT2D eigenvalue weighted by molar-refractivity contribution is 7.20. The highest BCUT2D eigenvalue weighted by atomic mass is 32.1. The van der Waals surface area contributed by atoms with Gasteiger partial charge in [0, 0.05) is 12.6 Å². The second kappa shape index (κ2) is 5.26. The number of carboxylic acids is 1. The molecule has 0 aliphatic carbocycles. The smallest absolute Gasteiger partial charge is 0.346 e. The molecule has 2 aromatic heterocycles. The van der Waals surface area contributed by atoms with Crippen molar-refractivity contribution in [3.8, 4) is 0 Å². The van der Waals surface area contributed by atoms with Crippen LogP contribution in [0.4, 0.5) is 5.82 Å². The van der Waals surface area contributed by atoms with Crippen molar-refractivity contribution in [2.24, 2.45) is 5.92 Å². The molecular formula is C15H19N3O2S. The van der Waals surface area contributed by atoms with Crippen LogP contribution >= 0.6 is 11.3 Å². The summed E-state index contributed by atoms with van der Waals surface area (Å²) >= 11 is 1.24. The summed E-state index contributed by atoms with van der Waals surface area (Å²) in [4.78, 5) is 23.6. The van der Waals surface area contributed by atoms with Gasteiger partial charge in [-0.2, -0.15) is 0 Å². The van der Waals surface area contributed by atoms with E-state index in [9.17, 15) is 9.90 Å². The number of fused-ring (bicyclic) bond motifs is 1. The molecule has 1 aliphatic rings. The minimum absolute atomic E-state index is 0.368. The number of carbonyl (C=O) groups is 1. The normalized spacial score (nSPS) is 18.9. The fourth-order valence-corrected chi connectivity index (χ4v) is 4.21. The molecule has 3 rings (SSSR count). The van der Waals surface area contributed by atoms with Gasteiger partial charge >= 0.3 is 5.97 Å². The van der Waals surface area contributed by atoms with Gasteiger partial charge in [-0.25, -0.2) is 14.8 Å². The van der Waals surface area contributed by atoms with Gasteiger partial charge in [0.2, 0.25) is 0 Å². The number of hydrogen-bond acceptors (Lipinski definition) is 5. The highest BCUT2D eigenvalue weighted by Gasteiger charge is 2.30. The number of anilines is 1. The Labute approximate surface area is 127 Å². The third-order valence-electron chi connectivity index (χ3n) is 4.24. The van der Waals surface area contributed by atoms with E-state index < -0.39 is 5.97 Å². The zero-order valence-corrected chi connectivity index (χ0v) is 13.3. The van der Waals surface area contributed by atoms with E-state index in [1.165, 1.54) is 11.3 Å². The van der Waals surface area contributed by atoms with Crippen LogP contribution in [-0.4, -0.2) is 33.6 Å². The number of aryl methyl sites for hydroxylation is 1. The summed E-state index contributed by atoms with van der Waals surface area (Å²) in [6.07, 6.45) is 3.87. The van der Waals surface area contributed by atoms with Crippen molar-refractivity contribution >= 4 is 33.3 Å². The highest BCUT2D eigenvalue weighted by Crippen LogP contribution is 2.38. The van der Waals surface area contributed by atoms with Crippen LogP contribution in [0, 0.1) is 12.8 Å². The Hall–Kier alpha value is -1.69.